The molecule has 16 aromatic rings. The number of pyridine rings is 10. The monoisotopic (exact) mass is 2020 g/mol. The number of carbonyl (C=O) groups excluding carboxylic acids is 6. The summed E-state index contributed by atoms with van der Waals surface area (Å²) in [5.41, 5.74) is 5.36. The van der Waals surface area contributed by atoms with Gasteiger partial charge in [0.05, 0.1) is 97.4 Å². The molecule has 0 amide bonds. The van der Waals surface area contributed by atoms with Gasteiger partial charge in [0.25, 0.3) is 33.0 Å². The van der Waals surface area contributed by atoms with Crippen LogP contribution in [0.15, 0.2) is 285 Å². The Labute approximate surface area is 846 Å². The molecule has 0 bridgehead atoms. The number of carbonyl (C=O) groups is 6. The van der Waals surface area contributed by atoms with Gasteiger partial charge in [-0.1, -0.05) is 181 Å². The van der Waals surface area contributed by atoms with Gasteiger partial charge in [-0.2, -0.15) is 0 Å². The van der Waals surface area contributed by atoms with Gasteiger partial charge in [-0.25, -0.2) is 48.9 Å². The van der Waals surface area contributed by atoms with Crippen LogP contribution in [0.5, 0.6) is 5.75 Å². The van der Waals surface area contributed by atoms with E-state index in [1.165, 1.54) is 31.2 Å². The number of hydrogen-bond donors (Lipinski definition) is 5. The molecule has 144 heavy (non-hydrogen) atoms. The number of benzene rings is 5. The lowest BCUT2D eigenvalue weighted by atomic mass is 10.1. The molecule has 3 aliphatic heterocycles. The van der Waals surface area contributed by atoms with Gasteiger partial charge < -0.3 is 59.9 Å². The molecule has 3 aliphatic rings. The number of aromatic nitrogens is 10. The number of nitrogens with zero attached hydrogens (tertiary/aromatic N) is 12. The number of ether oxygens (including phenoxy) is 5. The van der Waals surface area contributed by atoms with E-state index in [0.29, 0.717) is 99.9 Å². The zero-order chi connectivity index (χ0) is 102. The van der Waals surface area contributed by atoms with E-state index in [1.54, 1.807) is 117 Å². The van der Waals surface area contributed by atoms with Crippen LogP contribution in [0.2, 0.25) is 10.0 Å². The molecule has 0 radical (unpaired) electrons. The first-order valence-corrected chi connectivity index (χ1v) is 48.8. The molecule has 33 nitrogen and oxygen atoms in total. The molecule has 14 heterocycles. The predicted octanol–water partition coefficient (Wildman–Crippen LogP) is 14.2. The van der Waals surface area contributed by atoms with Crippen molar-refractivity contribution in [3.63, 3.8) is 0 Å². The number of aromatic hydroxyl groups is 1. The zero-order valence-electron chi connectivity index (χ0n) is 79.8. The Bertz CT molecular complexity index is 6920. The molecule has 5 aromatic carbocycles. The Hall–Kier alpha value is -15.3. The molecular formula is C107H107Cl3N16O17S. The van der Waals surface area contributed by atoms with Gasteiger partial charge in [0.1, 0.15) is 56.2 Å². The van der Waals surface area contributed by atoms with Crippen LogP contribution in [0, 0.1) is 0 Å². The average molecular weight is 2030 g/mol. The third-order valence-corrected chi connectivity index (χ3v) is 24.7. The van der Waals surface area contributed by atoms with Crippen molar-refractivity contribution in [3.05, 3.63) is 383 Å². The summed E-state index contributed by atoms with van der Waals surface area (Å²) in [5, 5.41) is 28.0. The van der Waals surface area contributed by atoms with Crippen LogP contribution >= 0.6 is 46.1 Å². The van der Waals surface area contributed by atoms with Gasteiger partial charge in [0, 0.05) is 131 Å². The van der Waals surface area contributed by atoms with Crippen molar-refractivity contribution >= 4 is 148 Å². The molecule has 37 heteroatoms. The Balaban J connectivity index is 0.000000146. The van der Waals surface area contributed by atoms with E-state index in [0.717, 1.165) is 90.9 Å². The summed E-state index contributed by atoms with van der Waals surface area (Å²) in [4.78, 5) is 165. The second-order valence-electron chi connectivity index (χ2n) is 32.1. The maximum Gasteiger partial charge on any atom is 0.347 e. The first-order chi connectivity index (χ1) is 70.1. The van der Waals surface area contributed by atoms with E-state index >= 15 is 0 Å². The molecule has 3 saturated heterocycles. The van der Waals surface area contributed by atoms with Crippen LogP contribution in [0.25, 0.3) is 55.2 Å². The van der Waals surface area contributed by atoms with Gasteiger partial charge in [-0.15, -0.1) is 11.3 Å². The Kier molecular flexibility index (Phi) is 39.0. The summed E-state index contributed by atoms with van der Waals surface area (Å²) in [6.45, 7) is 21.4. The molecule has 3 fully saturated rings. The fourth-order valence-electron chi connectivity index (χ4n) is 16.2. The number of anilines is 2. The SMILES string of the molecule is C1CNCCN1.CCOC(=O)c1c(Cl)c2cccnc2n(Cc2ccccc2)c1=O.CCOC(=O)c1c(Cl)c2cccnc2n(Cc2ccccc2)c1=O.CCOC(=O)c1c(N2CCNCC2)c2cccnc2n(Cc2ccccc2)c1=O.CCOC(=O)c1c(N2CCNCC2)c2cccnc2n(Cc2ccccc2)c1=O.CCOC(=O)c1c(O)c2cccnc2n(Cc2ccccc2)c1=O.O=C(Cl)c1cccs1. The summed E-state index contributed by atoms with van der Waals surface area (Å²) < 4.78 is 32.9. The number of piperazine rings is 3. The van der Waals surface area contributed by atoms with Crippen molar-refractivity contribution in [2.75, 3.05) is 121 Å². The number of esters is 5. The average Bonchev–Trinajstić information content (AvgIpc) is 0.777. The summed E-state index contributed by atoms with van der Waals surface area (Å²) in [7, 11) is 0. The van der Waals surface area contributed by atoms with Crippen LogP contribution < -0.4 is 58.9 Å². The number of rotatable bonds is 23. The lowest BCUT2D eigenvalue weighted by Gasteiger charge is -2.32. The normalized spacial score (nSPS) is 12.6. The highest BCUT2D eigenvalue weighted by atomic mass is 35.5. The van der Waals surface area contributed by atoms with E-state index in [2.05, 4.69) is 56.0 Å². The Morgan fingerprint density at radius 1 is 0.312 bits per heavy atom. The summed E-state index contributed by atoms with van der Waals surface area (Å²) >= 11 is 19.1. The molecule has 0 saturated carbocycles. The minimum atomic E-state index is -0.840. The minimum absolute atomic E-state index is 0.0749. The Morgan fingerprint density at radius 2 is 0.556 bits per heavy atom. The van der Waals surface area contributed by atoms with E-state index in [4.69, 9.17) is 58.5 Å². The first kappa shape index (κ1) is 106. The van der Waals surface area contributed by atoms with E-state index < -0.39 is 52.3 Å². The Morgan fingerprint density at radius 3 is 0.819 bits per heavy atom. The highest BCUT2D eigenvalue weighted by Gasteiger charge is 2.33. The molecule has 0 unspecified atom stereocenters. The van der Waals surface area contributed by atoms with Crippen molar-refractivity contribution < 1.29 is 57.6 Å². The molecular weight excluding hydrogens is 1920 g/mol. The van der Waals surface area contributed by atoms with E-state index in [9.17, 15) is 57.8 Å². The fraction of sp³-hybridized carbons (Fsp3) is 0.252. The van der Waals surface area contributed by atoms with E-state index in [-0.39, 0.29) is 107 Å². The molecule has 0 aliphatic carbocycles. The number of halogens is 3. The first-order valence-electron chi connectivity index (χ1n) is 46.8. The molecule has 5 N–H and O–H groups in total. The van der Waals surface area contributed by atoms with Crippen LogP contribution in [0.1, 0.15) is 124 Å². The van der Waals surface area contributed by atoms with Crippen molar-refractivity contribution in [1.29, 1.82) is 0 Å². The van der Waals surface area contributed by atoms with Crippen LogP contribution in [0.3, 0.4) is 0 Å². The second-order valence-corrected chi connectivity index (χ2v) is 34.2. The van der Waals surface area contributed by atoms with Gasteiger partial charge in [-0.05, 0) is 146 Å². The van der Waals surface area contributed by atoms with Crippen LogP contribution in [0.4, 0.5) is 11.4 Å². The van der Waals surface area contributed by atoms with Crippen molar-refractivity contribution in [3.8, 4) is 5.75 Å². The fourth-order valence-corrected chi connectivity index (χ4v) is 17.6. The maximum atomic E-state index is 13.5. The van der Waals surface area contributed by atoms with Gasteiger partial charge >= 0.3 is 29.8 Å². The molecule has 11 aromatic heterocycles. The van der Waals surface area contributed by atoms with Crippen LogP contribution in [-0.4, -0.2) is 200 Å². The van der Waals surface area contributed by atoms with Gasteiger partial charge in [-0.3, -0.25) is 51.6 Å². The highest BCUT2D eigenvalue weighted by Crippen LogP contribution is 2.34. The highest BCUT2D eigenvalue weighted by molar-refractivity contribution is 7.14. The third kappa shape index (κ3) is 26.4. The largest absolute Gasteiger partial charge is 0.506 e. The summed E-state index contributed by atoms with van der Waals surface area (Å²) in [6, 6.07) is 68.8. The standard InChI is InChI=1S/2C22H24N4O3.2C18H15ClN2O3.C18H16N2O4.C5H3ClOS.C4H10N2/c2*1-2-29-22(28)18-19(25-13-11-23-12-14-25)17-9-6-10-24-20(17)26(21(18)27)15-16-7-4-3-5-8-16;2*1-2-24-18(23)14-15(19)13-9-6-10-20-16(13)21(17(14)22)11-12-7-4-3-5-8-12;1-2-24-18(23)14-15(21)13-9-6-10-19-16(13)20(17(14)22)11-12-7-4-3-5-8-12;6-5(7)4-2-1-3-8-4;1-2-6-4-3-5-1/h2*3-10,23H,2,11-15H2,1H3;2*3-10H,2,11H2,1H3;3-10,21H,2,11H2,1H3;1-3H;5-6H,1-4H2. The van der Waals surface area contributed by atoms with E-state index in [1.807, 2.05) is 181 Å². The molecule has 0 atom stereocenters. The number of fused-ring (bicyclic) bond motifs is 5. The molecule has 744 valence electrons. The predicted molar refractivity (Wildman–Crippen MR) is 560 cm³/mol. The van der Waals surface area contributed by atoms with Gasteiger partial charge in [0.2, 0.25) is 0 Å². The maximum absolute atomic E-state index is 13.5. The third-order valence-electron chi connectivity index (χ3n) is 22.7. The second kappa shape index (κ2) is 53.0. The molecule has 19 rings (SSSR count). The molecule has 0 spiro atoms. The number of nitrogens with one attached hydrogen (secondary N) is 4. The minimum Gasteiger partial charge on any atom is -0.506 e. The van der Waals surface area contributed by atoms with Gasteiger partial charge in [0.15, 0.2) is 5.56 Å². The lowest BCUT2D eigenvalue weighted by molar-refractivity contribution is 0.0511. The summed E-state index contributed by atoms with van der Waals surface area (Å²) in [5.74, 6) is -3.85. The van der Waals surface area contributed by atoms with Crippen molar-refractivity contribution in [2.24, 2.45) is 0 Å². The quantitative estimate of drug-likeness (QED) is 0.0225. The zero-order valence-corrected chi connectivity index (χ0v) is 82.9. The lowest BCUT2D eigenvalue weighted by Crippen LogP contribution is -2.45. The summed E-state index contributed by atoms with van der Waals surface area (Å²) in [6.07, 6.45) is 8.06. The topological polar surface area (TPSA) is 398 Å². The number of thiophene rings is 1. The van der Waals surface area contributed by atoms with Crippen LogP contribution in [-0.2, 0) is 56.4 Å². The number of hydrogen-bond acceptors (Lipinski definition) is 29. The van der Waals surface area contributed by atoms with Crippen molar-refractivity contribution in [2.45, 2.75) is 67.3 Å². The van der Waals surface area contributed by atoms with Crippen molar-refractivity contribution in [1.82, 2.24) is 69.0 Å². The smallest absolute Gasteiger partial charge is 0.347 e.